The molecule has 0 bridgehead atoms. The second-order valence-corrected chi connectivity index (χ2v) is 5.38. The van der Waals surface area contributed by atoms with Gasteiger partial charge in [-0.1, -0.05) is 20.3 Å². The van der Waals surface area contributed by atoms with Gasteiger partial charge in [-0.2, -0.15) is 0 Å². The Labute approximate surface area is 112 Å². The summed E-state index contributed by atoms with van der Waals surface area (Å²) in [5, 5.41) is 4.45. The molecule has 0 radical (unpaired) electrons. The molecule has 0 atom stereocenters. The predicted molar refractivity (Wildman–Crippen MR) is 75.8 cm³/mol. The summed E-state index contributed by atoms with van der Waals surface area (Å²) in [4.78, 5) is 6.05. The van der Waals surface area contributed by atoms with Crippen LogP contribution in [0.5, 0.6) is 0 Å². The fourth-order valence-corrected chi connectivity index (χ4v) is 2.88. The van der Waals surface area contributed by atoms with E-state index in [1.807, 2.05) is 12.1 Å². The molecule has 2 heterocycles. The molecule has 0 saturated carbocycles. The van der Waals surface area contributed by atoms with Crippen LogP contribution in [0.2, 0.25) is 0 Å². The van der Waals surface area contributed by atoms with Crippen molar-refractivity contribution in [2.24, 2.45) is 0 Å². The molecule has 0 aliphatic rings. The lowest BCUT2D eigenvalue weighted by Gasteiger charge is -2.02. The molecule has 0 saturated heterocycles. The number of aryl methyl sites for hydroxylation is 1. The molecule has 18 heavy (non-hydrogen) atoms. The monoisotopic (exact) mass is 264 g/mol. The van der Waals surface area contributed by atoms with E-state index in [-0.39, 0.29) is 0 Å². The van der Waals surface area contributed by atoms with E-state index in [9.17, 15) is 0 Å². The van der Waals surface area contributed by atoms with Gasteiger partial charge in [-0.25, -0.2) is 4.98 Å². The van der Waals surface area contributed by atoms with Gasteiger partial charge in [0.2, 0.25) is 0 Å². The van der Waals surface area contributed by atoms with E-state index in [1.165, 1.54) is 10.6 Å². The third kappa shape index (κ3) is 3.21. The van der Waals surface area contributed by atoms with Gasteiger partial charge in [-0.15, -0.1) is 11.3 Å². The SMILES string of the molecule is CCCNCc1sc(-c2ccco2)nc1CCC. The van der Waals surface area contributed by atoms with Gasteiger partial charge in [0.1, 0.15) is 0 Å². The number of aromatic nitrogens is 1. The maximum absolute atomic E-state index is 5.42. The first-order valence-corrected chi connectivity index (χ1v) is 7.40. The van der Waals surface area contributed by atoms with Gasteiger partial charge in [0.05, 0.1) is 12.0 Å². The van der Waals surface area contributed by atoms with Crippen molar-refractivity contribution in [1.82, 2.24) is 10.3 Å². The number of thiazole rings is 1. The standard InChI is InChI=1S/C14H20N2OS/c1-3-6-11-13(10-15-8-4-2)18-14(16-11)12-7-5-9-17-12/h5,7,9,15H,3-4,6,8,10H2,1-2H3. The van der Waals surface area contributed by atoms with Crippen LogP contribution in [0, 0.1) is 0 Å². The molecule has 0 amide bonds. The maximum atomic E-state index is 5.42. The third-order valence-corrected chi connectivity index (χ3v) is 3.82. The van der Waals surface area contributed by atoms with Crippen molar-refractivity contribution in [3.8, 4) is 10.8 Å². The number of nitrogens with one attached hydrogen (secondary N) is 1. The minimum atomic E-state index is 0.874. The van der Waals surface area contributed by atoms with Crippen LogP contribution in [0.1, 0.15) is 37.3 Å². The smallest absolute Gasteiger partial charge is 0.162 e. The molecule has 3 nitrogen and oxygen atoms in total. The average molecular weight is 264 g/mol. The van der Waals surface area contributed by atoms with Crippen molar-refractivity contribution >= 4 is 11.3 Å². The molecule has 2 rings (SSSR count). The van der Waals surface area contributed by atoms with Crippen LogP contribution >= 0.6 is 11.3 Å². The lowest BCUT2D eigenvalue weighted by molar-refractivity contribution is 0.581. The molecular formula is C14H20N2OS. The van der Waals surface area contributed by atoms with Gasteiger partial charge in [-0.05, 0) is 31.5 Å². The Morgan fingerprint density at radius 1 is 1.33 bits per heavy atom. The Kier molecular flexibility index (Phi) is 4.96. The van der Waals surface area contributed by atoms with Crippen LogP contribution in [0.4, 0.5) is 0 Å². The lowest BCUT2D eigenvalue weighted by Crippen LogP contribution is -2.13. The van der Waals surface area contributed by atoms with E-state index in [0.717, 1.165) is 43.1 Å². The quantitative estimate of drug-likeness (QED) is 0.772. The second kappa shape index (κ2) is 6.71. The predicted octanol–water partition coefficient (Wildman–Crippen LogP) is 3.86. The van der Waals surface area contributed by atoms with Gasteiger partial charge in [0.15, 0.2) is 10.8 Å². The van der Waals surface area contributed by atoms with Crippen molar-refractivity contribution in [2.75, 3.05) is 6.54 Å². The highest BCUT2D eigenvalue weighted by molar-refractivity contribution is 7.15. The first-order valence-electron chi connectivity index (χ1n) is 6.58. The summed E-state index contributed by atoms with van der Waals surface area (Å²) in [6.45, 7) is 6.34. The molecule has 0 unspecified atom stereocenters. The Balaban J connectivity index is 2.15. The fraction of sp³-hybridized carbons (Fsp3) is 0.500. The van der Waals surface area contributed by atoms with Crippen molar-refractivity contribution in [3.63, 3.8) is 0 Å². The topological polar surface area (TPSA) is 38.1 Å². The molecule has 0 spiro atoms. The summed E-state index contributed by atoms with van der Waals surface area (Å²) < 4.78 is 5.42. The summed E-state index contributed by atoms with van der Waals surface area (Å²) in [6.07, 6.45) is 5.03. The average Bonchev–Trinajstić information content (AvgIpc) is 2.99. The van der Waals surface area contributed by atoms with E-state index in [1.54, 1.807) is 17.6 Å². The minimum absolute atomic E-state index is 0.874. The number of hydrogen-bond acceptors (Lipinski definition) is 4. The fourth-order valence-electron chi connectivity index (χ4n) is 1.84. The number of furan rings is 1. The Hall–Kier alpha value is -1.13. The van der Waals surface area contributed by atoms with Crippen LogP contribution in [0.25, 0.3) is 10.8 Å². The molecule has 0 aliphatic carbocycles. The van der Waals surface area contributed by atoms with Gasteiger partial charge in [0, 0.05) is 11.4 Å². The van der Waals surface area contributed by atoms with E-state index < -0.39 is 0 Å². The summed E-state index contributed by atoms with van der Waals surface area (Å²) >= 11 is 1.74. The summed E-state index contributed by atoms with van der Waals surface area (Å²) in [5.74, 6) is 0.874. The molecule has 2 aromatic rings. The number of hydrogen-bond donors (Lipinski definition) is 1. The Morgan fingerprint density at radius 3 is 2.89 bits per heavy atom. The first kappa shape index (κ1) is 13.3. The third-order valence-electron chi connectivity index (χ3n) is 2.71. The van der Waals surface area contributed by atoms with Crippen LogP contribution in [0.3, 0.4) is 0 Å². The lowest BCUT2D eigenvalue weighted by atomic mass is 10.2. The van der Waals surface area contributed by atoms with E-state index >= 15 is 0 Å². The minimum Gasteiger partial charge on any atom is -0.462 e. The van der Waals surface area contributed by atoms with Gasteiger partial charge in [-0.3, -0.25) is 0 Å². The first-order chi connectivity index (χ1) is 8.85. The highest BCUT2D eigenvalue weighted by atomic mass is 32.1. The van der Waals surface area contributed by atoms with Crippen LogP contribution < -0.4 is 5.32 Å². The molecule has 2 aromatic heterocycles. The zero-order chi connectivity index (χ0) is 12.8. The van der Waals surface area contributed by atoms with Crippen molar-refractivity contribution in [2.45, 2.75) is 39.7 Å². The molecule has 0 aliphatic heterocycles. The summed E-state index contributed by atoms with van der Waals surface area (Å²) in [7, 11) is 0. The van der Waals surface area contributed by atoms with Crippen LogP contribution in [-0.2, 0) is 13.0 Å². The van der Waals surface area contributed by atoms with Crippen LogP contribution in [-0.4, -0.2) is 11.5 Å². The van der Waals surface area contributed by atoms with Gasteiger partial charge >= 0.3 is 0 Å². The molecule has 1 N–H and O–H groups in total. The summed E-state index contributed by atoms with van der Waals surface area (Å²) in [6, 6.07) is 3.88. The maximum Gasteiger partial charge on any atom is 0.162 e. The van der Waals surface area contributed by atoms with Gasteiger partial charge < -0.3 is 9.73 Å². The molecular weight excluding hydrogens is 244 g/mol. The normalized spacial score (nSPS) is 11.0. The number of rotatable bonds is 7. The van der Waals surface area contributed by atoms with Crippen molar-refractivity contribution < 1.29 is 4.42 Å². The Bertz CT molecular complexity index is 462. The highest BCUT2D eigenvalue weighted by Crippen LogP contribution is 2.29. The zero-order valence-corrected chi connectivity index (χ0v) is 11.8. The van der Waals surface area contributed by atoms with Crippen LogP contribution in [0.15, 0.2) is 22.8 Å². The van der Waals surface area contributed by atoms with E-state index in [0.29, 0.717) is 0 Å². The molecule has 0 aromatic carbocycles. The van der Waals surface area contributed by atoms with Crippen molar-refractivity contribution in [1.29, 1.82) is 0 Å². The molecule has 0 fully saturated rings. The largest absolute Gasteiger partial charge is 0.462 e. The van der Waals surface area contributed by atoms with E-state index in [4.69, 9.17) is 9.40 Å². The van der Waals surface area contributed by atoms with E-state index in [2.05, 4.69) is 19.2 Å². The second-order valence-electron chi connectivity index (χ2n) is 4.29. The van der Waals surface area contributed by atoms with Gasteiger partial charge in [0.25, 0.3) is 0 Å². The zero-order valence-electron chi connectivity index (χ0n) is 11.0. The molecule has 98 valence electrons. The van der Waals surface area contributed by atoms with Crippen molar-refractivity contribution in [3.05, 3.63) is 29.0 Å². The summed E-state index contributed by atoms with van der Waals surface area (Å²) in [5.41, 5.74) is 1.22. The highest BCUT2D eigenvalue weighted by Gasteiger charge is 2.13. The Morgan fingerprint density at radius 2 is 2.22 bits per heavy atom. The molecule has 4 heteroatoms. The number of nitrogens with zero attached hydrogens (tertiary/aromatic N) is 1.